The molecule has 0 aliphatic carbocycles. The zero-order valence-electron chi connectivity index (χ0n) is 12.3. The fraction of sp³-hybridized carbons (Fsp3) is 0.188. The molecule has 0 aromatic heterocycles. The van der Waals surface area contributed by atoms with Gasteiger partial charge in [0.25, 0.3) is 10.0 Å². The molecule has 0 aliphatic rings. The number of carboxylic acid groups (broad SMARTS) is 1. The third kappa shape index (κ3) is 3.46. The highest BCUT2D eigenvalue weighted by molar-refractivity contribution is 7.92. The lowest BCUT2D eigenvalue weighted by molar-refractivity contribution is 0.0698. The van der Waals surface area contributed by atoms with E-state index in [2.05, 4.69) is 4.72 Å². The van der Waals surface area contributed by atoms with E-state index in [9.17, 15) is 13.2 Å². The first-order chi connectivity index (χ1) is 10.3. The number of hydrogen-bond acceptors (Lipinski definition) is 3. The minimum absolute atomic E-state index is 0.0444. The smallest absolute Gasteiger partial charge is 0.337 e. The summed E-state index contributed by atoms with van der Waals surface area (Å²) in [6.07, 6.45) is 0. The summed E-state index contributed by atoms with van der Waals surface area (Å²) in [5.41, 5.74) is 0.984. The minimum Gasteiger partial charge on any atom is -0.478 e. The van der Waals surface area contributed by atoms with Gasteiger partial charge in [0, 0.05) is 0 Å². The standard InChI is InChI=1S/C16H17NO4S/c1-11(2)12-7-9-13(10-8-12)22(20,21)17-15-6-4-3-5-14(15)16(18)19/h3-11,17H,1-2H3,(H,18,19). The van der Waals surface area contributed by atoms with Crippen molar-refractivity contribution in [1.82, 2.24) is 0 Å². The van der Waals surface area contributed by atoms with E-state index in [0.29, 0.717) is 5.92 Å². The van der Waals surface area contributed by atoms with Crippen LogP contribution in [0, 0.1) is 0 Å². The Kier molecular flexibility index (Phi) is 4.51. The molecule has 2 aromatic carbocycles. The average molecular weight is 319 g/mol. The van der Waals surface area contributed by atoms with Crippen molar-refractivity contribution in [3.05, 3.63) is 59.7 Å². The molecular weight excluding hydrogens is 302 g/mol. The molecule has 0 saturated heterocycles. The van der Waals surface area contributed by atoms with Crippen LogP contribution in [-0.4, -0.2) is 19.5 Å². The number of hydrogen-bond donors (Lipinski definition) is 2. The molecule has 0 radical (unpaired) electrons. The Morgan fingerprint density at radius 2 is 1.64 bits per heavy atom. The van der Waals surface area contributed by atoms with Crippen molar-refractivity contribution in [3.8, 4) is 0 Å². The molecule has 0 bridgehead atoms. The van der Waals surface area contributed by atoms with Gasteiger partial charge in [0.2, 0.25) is 0 Å². The number of rotatable bonds is 5. The van der Waals surface area contributed by atoms with Gasteiger partial charge < -0.3 is 5.11 Å². The first-order valence-electron chi connectivity index (χ1n) is 6.76. The van der Waals surface area contributed by atoms with Crippen LogP contribution in [0.5, 0.6) is 0 Å². The maximum absolute atomic E-state index is 12.4. The minimum atomic E-state index is -3.83. The molecule has 116 valence electrons. The Balaban J connectivity index is 2.34. The molecule has 0 amide bonds. The summed E-state index contributed by atoms with van der Waals surface area (Å²) in [6, 6.07) is 12.4. The predicted octanol–water partition coefficient (Wildman–Crippen LogP) is 3.31. The molecule has 22 heavy (non-hydrogen) atoms. The first-order valence-corrected chi connectivity index (χ1v) is 8.24. The average Bonchev–Trinajstić information content (AvgIpc) is 2.47. The van der Waals surface area contributed by atoms with Gasteiger partial charge in [-0.15, -0.1) is 0 Å². The van der Waals surface area contributed by atoms with E-state index in [0.717, 1.165) is 5.56 Å². The fourth-order valence-electron chi connectivity index (χ4n) is 1.99. The monoisotopic (exact) mass is 319 g/mol. The number of sulfonamides is 1. The summed E-state index contributed by atoms with van der Waals surface area (Å²) in [7, 11) is -3.83. The van der Waals surface area contributed by atoms with Gasteiger partial charge in [-0.05, 0) is 35.7 Å². The number of anilines is 1. The van der Waals surface area contributed by atoms with Crippen molar-refractivity contribution < 1.29 is 18.3 Å². The second kappa shape index (κ2) is 6.19. The van der Waals surface area contributed by atoms with Crippen molar-refractivity contribution in [2.75, 3.05) is 4.72 Å². The molecule has 0 heterocycles. The maximum atomic E-state index is 12.4. The van der Waals surface area contributed by atoms with E-state index in [4.69, 9.17) is 5.11 Å². The molecular formula is C16H17NO4S. The molecule has 0 atom stereocenters. The van der Waals surface area contributed by atoms with Gasteiger partial charge in [0.15, 0.2) is 0 Å². The third-order valence-electron chi connectivity index (χ3n) is 3.26. The van der Waals surface area contributed by atoms with E-state index in [-0.39, 0.29) is 16.1 Å². The van der Waals surface area contributed by atoms with Gasteiger partial charge in [-0.25, -0.2) is 13.2 Å². The molecule has 2 N–H and O–H groups in total. The van der Waals surface area contributed by atoms with Gasteiger partial charge >= 0.3 is 5.97 Å². The Morgan fingerprint density at radius 1 is 1.05 bits per heavy atom. The zero-order valence-corrected chi connectivity index (χ0v) is 13.1. The number of para-hydroxylation sites is 1. The van der Waals surface area contributed by atoms with Crippen LogP contribution in [0.3, 0.4) is 0 Å². The summed E-state index contributed by atoms with van der Waals surface area (Å²) < 4.78 is 27.0. The van der Waals surface area contributed by atoms with Crippen molar-refractivity contribution in [2.24, 2.45) is 0 Å². The first kappa shape index (κ1) is 16.0. The van der Waals surface area contributed by atoms with Crippen molar-refractivity contribution in [3.63, 3.8) is 0 Å². The highest BCUT2D eigenvalue weighted by Crippen LogP contribution is 2.22. The van der Waals surface area contributed by atoms with Gasteiger partial charge in [0.05, 0.1) is 16.1 Å². The van der Waals surface area contributed by atoms with Gasteiger partial charge in [-0.2, -0.15) is 0 Å². The van der Waals surface area contributed by atoms with Crippen LogP contribution in [0.2, 0.25) is 0 Å². The van der Waals surface area contributed by atoms with Crippen LogP contribution in [0.25, 0.3) is 0 Å². The second-order valence-electron chi connectivity index (χ2n) is 5.18. The van der Waals surface area contributed by atoms with Crippen molar-refractivity contribution in [2.45, 2.75) is 24.7 Å². The molecule has 0 spiro atoms. The maximum Gasteiger partial charge on any atom is 0.337 e. The van der Waals surface area contributed by atoms with Crippen molar-refractivity contribution >= 4 is 21.7 Å². The molecule has 0 aliphatic heterocycles. The topological polar surface area (TPSA) is 83.5 Å². The zero-order chi connectivity index (χ0) is 16.3. The number of carboxylic acids is 1. The molecule has 6 heteroatoms. The highest BCUT2D eigenvalue weighted by Gasteiger charge is 2.18. The number of nitrogens with one attached hydrogen (secondary N) is 1. The van der Waals surface area contributed by atoms with Crippen LogP contribution in [-0.2, 0) is 10.0 Å². The van der Waals surface area contributed by atoms with Gasteiger partial charge in [-0.1, -0.05) is 38.1 Å². The SMILES string of the molecule is CC(C)c1ccc(S(=O)(=O)Nc2ccccc2C(=O)O)cc1. The van der Waals surface area contributed by atoms with E-state index >= 15 is 0 Å². The molecule has 0 saturated carbocycles. The molecule has 0 unspecified atom stereocenters. The van der Waals surface area contributed by atoms with E-state index in [1.54, 1.807) is 24.3 Å². The predicted molar refractivity (Wildman–Crippen MR) is 84.7 cm³/mol. The third-order valence-corrected chi connectivity index (χ3v) is 4.64. The summed E-state index contributed by atoms with van der Waals surface area (Å²) in [4.78, 5) is 11.2. The lowest BCUT2D eigenvalue weighted by Gasteiger charge is -2.11. The van der Waals surface area contributed by atoms with Crippen LogP contribution in [0.15, 0.2) is 53.4 Å². The number of benzene rings is 2. The summed E-state index contributed by atoms with van der Waals surface area (Å²) in [5, 5.41) is 9.10. The second-order valence-corrected chi connectivity index (χ2v) is 6.86. The number of aromatic carboxylic acids is 1. The van der Waals surface area contributed by atoms with E-state index < -0.39 is 16.0 Å². The Hall–Kier alpha value is -2.34. The Bertz CT molecular complexity index is 780. The molecule has 5 nitrogen and oxygen atoms in total. The van der Waals surface area contributed by atoms with Crippen LogP contribution in [0.1, 0.15) is 35.7 Å². The Morgan fingerprint density at radius 3 is 2.18 bits per heavy atom. The fourth-order valence-corrected chi connectivity index (χ4v) is 3.07. The van der Waals surface area contributed by atoms with Crippen LogP contribution >= 0.6 is 0 Å². The summed E-state index contributed by atoms with van der Waals surface area (Å²) in [6.45, 7) is 4.04. The summed E-state index contributed by atoms with van der Waals surface area (Å²) >= 11 is 0. The normalized spacial score (nSPS) is 11.4. The van der Waals surface area contributed by atoms with Crippen LogP contribution < -0.4 is 4.72 Å². The van der Waals surface area contributed by atoms with E-state index in [1.807, 2.05) is 13.8 Å². The molecule has 0 fully saturated rings. The molecule has 2 rings (SSSR count). The number of carbonyl (C=O) groups is 1. The summed E-state index contributed by atoms with van der Waals surface area (Å²) in [5.74, 6) is -0.883. The largest absolute Gasteiger partial charge is 0.478 e. The molecule has 2 aromatic rings. The van der Waals surface area contributed by atoms with Crippen LogP contribution in [0.4, 0.5) is 5.69 Å². The highest BCUT2D eigenvalue weighted by atomic mass is 32.2. The van der Waals surface area contributed by atoms with Crippen molar-refractivity contribution in [1.29, 1.82) is 0 Å². The lowest BCUT2D eigenvalue weighted by atomic mass is 10.0. The lowest BCUT2D eigenvalue weighted by Crippen LogP contribution is -2.15. The van der Waals surface area contributed by atoms with Gasteiger partial charge in [-0.3, -0.25) is 4.72 Å². The van der Waals surface area contributed by atoms with Gasteiger partial charge in [0.1, 0.15) is 0 Å². The Labute approximate surface area is 129 Å². The van der Waals surface area contributed by atoms with E-state index in [1.165, 1.54) is 24.3 Å². The quantitative estimate of drug-likeness (QED) is 0.885.